The molecule has 158 valence electrons. The molecule has 4 N–H and O–H groups in total. The van der Waals surface area contributed by atoms with Gasteiger partial charge in [-0.1, -0.05) is 24.2 Å². The summed E-state index contributed by atoms with van der Waals surface area (Å²) in [6.45, 7) is 0. The Morgan fingerprint density at radius 2 is 1.90 bits per heavy atom. The third-order valence-corrected chi connectivity index (χ3v) is 6.40. The molecule has 0 bridgehead atoms. The van der Waals surface area contributed by atoms with Crippen LogP contribution in [0.5, 0.6) is 11.5 Å². The van der Waals surface area contributed by atoms with E-state index in [2.05, 4.69) is 20.3 Å². The molecular weight excluding hydrogens is 410 g/mol. The number of hydrogen-bond acceptors (Lipinski definition) is 8. The highest BCUT2D eigenvalue weighted by Gasteiger charge is 2.23. The lowest BCUT2D eigenvalue weighted by molar-refractivity contribution is 0.116. The molecule has 3 aromatic heterocycles. The Labute approximate surface area is 184 Å². The first-order valence-electron chi connectivity index (χ1n) is 10.3. The lowest BCUT2D eigenvalue weighted by Crippen LogP contribution is -2.36. The van der Waals surface area contributed by atoms with Crippen LogP contribution in [-0.4, -0.2) is 32.2 Å². The number of nitrogens with zero attached hydrogens (tertiary/aromatic N) is 3. The standard InChI is InChI=1S/C23H23N5O2S/c24-22-8-5-14(13-26-22)19-11-16(9-10-25-19)30-15-6-7-18-21(12-15)31-23(28-18)27-17-3-1-2-4-20(17)29/h5-13,17,20,29H,1-4H2,(H2,24,26)(H,27,28)/t17-,20-/m1/s1. The minimum absolute atomic E-state index is 0.0723. The molecule has 8 heteroatoms. The number of aliphatic hydroxyl groups excluding tert-OH is 1. The highest BCUT2D eigenvalue weighted by Crippen LogP contribution is 2.33. The van der Waals surface area contributed by atoms with E-state index in [1.54, 1.807) is 29.8 Å². The Bertz CT molecular complexity index is 1190. The Kier molecular flexibility index (Phi) is 5.40. The van der Waals surface area contributed by atoms with Crippen molar-refractivity contribution in [3.63, 3.8) is 0 Å². The fourth-order valence-corrected chi connectivity index (χ4v) is 4.75. The van der Waals surface area contributed by atoms with E-state index < -0.39 is 0 Å². The third kappa shape index (κ3) is 4.45. The number of hydrogen-bond donors (Lipinski definition) is 3. The molecule has 7 nitrogen and oxygen atoms in total. The number of benzene rings is 1. The molecule has 5 rings (SSSR count). The zero-order valence-electron chi connectivity index (χ0n) is 16.9. The first-order valence-corrected chi connectivity index (χ1v) is 11.2. The number of aliphatic hydroxyl groups is 1. The number of thiazole rings is 1. The van der Waals surface area contributed by atoms with Crippen LogP contribution in [0.25, 0.3) is 21.5 Å². The Morgan fingerprint density at radius 3 is 2.74 bits per heavy atom. The Balaban J connectivity index is 1.34. The Hall–Kier alpha value is -3.23. The van der Waals surface area contributed by atoms with Gasteiger partial charge in [-0.25, -0.2) is 9.97 Å². The predicted molar refractivity (Wildman–Crippen MR) is 123 cm³/mol. The summed E-state index contributed by atoms with van der Waals surface area (Å²) in [7, 11) is 0. The number of aromatic nitrogens is 3. The summed E-state index contributed by atoms with van der Waals surface area (Å²) in [5.74, 6) is 1.89. The van der Waals surface area contributed by atoms with Gasteiger partial charge in [0.25, 0.3) is 0 Å². The van der Waals surface area contributed by atoms with Crippen LogP contribution in [0.1, 0.15) is 25.7 Å². The van der Waals surface area contributed by atoms with Crippen molar-refractivity contribution < 1.29 is 9.84 Å². The fourth-order valence-electron chi connectivity index (χ4n) is 3.79. The van der Waals surface area contributed by atoms with E-state index in [4.69, 9.17) is 10.5 Å². The number of nitrogens with one attached hydrogen (secondary N) is 1. The van der Waals surface area contributed by atoms with Gasteiger partial charge in [0.2, 0.25) is 0 Å². The fraction of sp³-hybridized carbons (Fsp3) is 0.261. The molecule has 1 fully saturated rings. The monoisotopic (exact) mass is 433 g/mol. The molecule has 1 saturated carbocycles. The van der Waals surface area contributed by atoms with E-state index >= 15 is 0 Å². The van der Waals surface area contributed by atoms with Crippen molar-refractivity contribution in [1.82, 2.24) is 15.0 Å². The van der Waals surface area contributed by atoms with Gasteiger partial charge >= 0.3 is 0 Å². The second-order valence-corrected chi connectivity index (χ2v) is 8.73. The normalized spacial score (nSPS) is 18.7. The molecule has 31 heavy (non-hydrogen) atoms. The van der Waals surface area contributed by atoms with Crippen LogP contribution in [0.2, 0.25) is 0 Å². The third-order valence-electron chi connectivity index (χ3n) is 5.45. The van der Waals surface area contributed by atoms with Crippen molar-refractivity contribution in [2.45, 2.75) is 37.8 Å². The molecule has 0 amide bonds. The number of ether oxygens (including phenoxy) is 1. The average molecular weight is 434 g/mol. The van der Waals surface area contributed by atoms with Gasteiger partial charge in [0, 0.05) is 30.1 Å². The highest BCUT2D eigenvalue weighted by atomic mass is 32.1. The van der Waals surface area contributed by atoms with Gasteiger partial charge in [0.1, 0.15) is 17.3 Å². The van der Waals surface area contributed by atoms with Gasteiger partial charge in [0.15, 0.2) is 5.13 Å². The smallest absolute Gasteiger partial charge is 0.184 e. The molecule has 2 atom stereocenters. The Morgan fingerprint density at radius 1 is 1.03 bits per heavy atom. The summed E-state index contributed by atoms with van der Waals surface area (Å²) in [5.41, 5.74) is 8.22. The summed E-state index contributed by atoms with van der Waals surface area (Å²) in [6, 6.07) is 13.3. The molecule has 0 radical (unpaired) electrons. The number of nitrogens with two attached hydrogens (primary N) is 1. The van der Waals surface area contributed by atoms with Crippen molar-refractivity contribution in [1.29, 1.82) is 0 Å². The molecule has 0 spiro atoms. The molecule has 0 unspecified atom stereocenters. The number of anilines is 2. The van der Waals surface area contributed by atoms with E-state index in [1.807, 2.05) is 36.4 Å². The molecule has 0 aliphatic heterocycles. The van der Waals surface area contributed by atoms with Gasteiger partial charge in [0.05, 0.1) is 28.1 Å². The summed E-state index contributed by atoms with van der Waals surface area (Å²) in [5, 5.41) is 14.5. The van der Waals surface area contributed by atoms with Gasteiger partial charge in [-0.05, 0) is 43.2 Å². The average Bonchev–Trinajstić information content (AvgIpc) is 3.18. The second-order valence-electron chi connectivity index (χ2n) is 7.70. The lowest BCUT2D eigenvalue weighted by Gasteiger charge is -2.27. The van der Waals surface area contributed by atoms with Crippen LogP contribution in [0, 0.1) is 0 Å². The summed E-state index contributed by atoms with van der Waals surface area (Å²) in [4.78, 5) is 13.2. The maximum Gasteiger partial charge on any atom is 0.184 e. The number of pyridine rings is 2. The van der Waals surface area contributed by atoms with Crippen molar-refractivity contribution in [3.05, 3.63) is 54.9 Å². The quantitative estimate of drug-likeness (QED) is 0.413. The van der Waals surface area contributed by atoms with Crippen molar-refractivity contribution in [2.24, 2.45) is 0 Å². The second kappa shape index (κ2) is 8.49. The first-order chi connectivity index (χ1) is 15.1. The van der Waals surface area contributed by atoms with Gasteiger partial charge in [-0.3, -0.25) is 4.98 Å². The van der Waals surface area contributed by atoms with E-state index in [0.717, 1.165) is 58.0 Å². The van der Waals surface area contributed by atoms with Gasteiger partial charge in [-0.15, -0.1) is 0 Å². The van der Waals surface area contributed by atoms with Gasteiger partial charge in [-0.2, -0.15) is 0 Å². The van der Waals surface area contributed by atoms with Crippen LogP contribution in [0.3, 0.4) is 0 Å². The van der Waals surface area contributed by atoms with Crippen LogP contribution < -0.4 is 15.8 Å². The summed E-state index contributed by atoms with van der Waals surface area (Å²) < 4.78 is 7.11. The van der Waals surface area contributed by atoms with Crippen LogP contribution in [0.4, 0.5) is 10.9 Å². The molecule has 4 aromatic rings. The van der Waals surface area contributed by atoms with Crippen LogP contribution >= 0.6 is 11.3 Å². The molecule has 1 aliphatic carbocycles. The predicted octanol–water partition coefficient (Wildman–Crippen LogP) is 4.84. The highest BCUT2D eigenvalue weighted by molar-refractivity contribution is 7.22. The minimum Gasteiger partial charge on any atom is -0.457 e. The summed E-state index contributed by atoms with van der Waals surface area (Å²) >= 11 is 1.57. The molecule has 0 saturated heterocycles. The number of rotatable bonds is 5. The topological polar surface area (TPSA) is 106 Å². The largest absolute Gasteiger partial charge is 0.457 e. The molecule has 1 aromatic carbocycles. The zero-order chi connectivity index (χ0) is 21.2. The lowest BCUT2D eigenvalue weighted by atomic mass is 9.93. The number of fused-ring (bicyclic) bond motifs is 1. The van der Waals surface area contributed by atoms with Crippen molar-refractivity contribution in [2.75, 3.05) is 11.1 Å². The SMILES string of the molecule is Nc1ccc(-c2cc(Oc3ccc4nc(N[C@@H]5CCCC[C@H]5O)sc4c3)ccn2)cn1. The molecule has 1 aliphatic rings. The van der Waals surface area contributed by atoms with Crippen LogP contribution in [-0.2, 0) is 0 Å². The van der Waals surface area contributed by atoms with E-state index in [0.29, 0.717) is 11.6 Å². The van der Waals surface area contributed by atoms with E-state index in [-0.39, 0.29) is 12.1 Å². The van der Waals surface area contributed by atoms with Crippen LogP contribution in [0.15, 0.2) is 54.9 Å². The molecular formula is C23H23N5O2S. The van der Waals surface area contributed by atoms with E-state index in [9.17, 15) is 5.11 Å². The first kappa shape index (κ1) is 19.7. The van der Waals surface area contributed by atoms with Crippen molar-refractivity contribution >= 4 is 32.5 Å². The maximum atomic E-state index is 10.2. The van der Waals surface area contributed by atoms with Crippen molar-refractivity contribution in [3.8, 4) is 22.8 Å². The summed E-state index contributed by atoms with van der Waals surface area (Å²) in [6.07, 6.45) is 7.15. The zero-order valence-corrected chi connectivity index (χ0v) is 17.7. The maximum absolute atomic E-state index is 10.2. The van der Waals surface area contributed by atoms with Gasteiger partial charge < -0.3 is 20.9 Å². The van der Waals surface area contributed by atoms with E-state index in [1.165, 1.54) is 0 Å². The minimum atomic E-state index is -0.309. The number of nitrogen functional groups attached to an aromatic ring is 1. The molecule has 3 heterocycles.